The van der Waals surface area contributed by atoms with E-state index in [-0.39, 0.29) is 11.9 Å². The maximum Gasteiger partial charge on any atom is 0.244 e. The predicted octanol–water partition coefficient (Wildman–Crippen LogP) is 2.28. The molecule has 24 heavy (non-hydrogen) atoms. The van der Waals surface area contributed by atoms with E-state index in [9.17, 15) is 4.79 Å². The molecule has 1 amide bonds. The number of aromatic nitrogens is 2. The summed E-state index contributed by atoms with van der Waals surface area (Å²) >= 11 is 5.88. The lowest BCUT2D eigenvalue weighted by Crippen LogP contribution is -2.56. The third-order valence-electron chi connectivity index (χ3n) is 4.37. The van der Waals surface area contributed by atoms with Gasteiger partial charge in [0.2, 0.25) is 5.91 Å². The fourth-order valence-electron chi connectivity index (χ4n) is 2.95. The minimum Gasteiger partial charge on any atom is -0.497 e. The van der Waals surface area contributed by atoms with Crippen LogP contribution in [0.4, 0.5) is 5.69 Å². The standard InChI is InChI=1S/C17H21ClN4O2/c1-13-17(23)22(15-4-3-5-16(10-15)24-2)9-7-20(13)6-8-21-12-14(18)11-19-21/h3-5,10-13H,6-9H2,1-2H3/t13-/m1/s1. The zero-order valence-corrected chi connectivity index (χ0v) is 14.6. The molecule has 0 saturated carbocycles. The number of hydrogen-bond donors (Lipinski definition) is 0. The number of anilines is 1. The lowest BCUT2D eigenvalue weighted by Gasteiger charge is -2.39. The van der Waals surface area contributed by atoms with Crippen molar-refractivity contribution in [1.29, 1.82) is 0 Å². The van der Waals surface area contributed by atoms with Gasteiger partial charge in [-0.05, 0) is 19.1 Å². The second-order valence-electron chi connectivity index (χ2n) is 5.82. The lowest BCUT2D eigenvalue weighted by molar-refractivity contribution is -0.125. The van der Waals surface area contributed by atoms with E-state index in [4.69, 9.17) is 16.3 Å². The van der Waals surface area contributed by atoms with E-state index < -0.39 is 0 Å². The number of nitrogens with zero attached hydrogens (tertiary/aromatic N) is 4. The molecule has 0 unspecified atom stereocenters. The summed E-state index contributed by atoms with van der Waals surface area (Å²) in [6.07, 6.45) is 3.41. The molecule has 2 heterocycles. The summed E-state index contributed by atoms with van der Waals surface area (Å²) in [6.45, 7) is 4.90. The Balaban J connectivity index is 1.64. The molecule has 0 radical (unpaired) electrons. The molecule has 0 spiro atoms. The van der Waals surface area contributed by atoms with Crippen LogP contribution in [0, 0.1) is 0 Å². The number of rotatable bonds is 5. The molecule has 0 N–H and O–H groups in total. The Morgan fingerprint density at radius 1 is 1.33 bits per heavy atom. The summed E-state index contributed by atoms with van der Waals surface area (Å²) in [7, 11) is 1.63. The molecular formula is C17H21ClN4O2. The minimum atomic E-state index is -0.170. The third-order valence-corrected chi connectivity index (χ3v) is 4.56. The van der Waals surface area contributed by atoms with Gasteiger partial charge in [0.15, 0.2) is 0 Å². The van der Waals surface area contributed by atoms with Crippen molar-refractivity contribution in [2.45, 2.75) is 19.5 Å². The first-order valence-electron chi connectivity index (χ1n) is 7.96. The maximum absolute atomic E-state index is 12.8. The smallest absolute Gasteiger partial charge is 0.244 e. The molecule has 1 aromatic heterocycles. The maximum atomic E-state index is 12.8. The van der Waals surface area contributed by atoms with Crippen LogP contribution in [-0.4, -0.2) is 53.4 Å². The molecule has 2 aromatic rings. The number of halogens is 1. The lowest BCUT2D eigenvalue weighted by atomic mass is 10.1. The van der Waals surface area contributed by atoms with E-state index in [2.05, 4.69) is 10.00 Å². The average Bonchev–Trinajstić information content (AvgIpc) is 3.01. The van der Waals surface area contributed by atoms with Gasteiger partial charge in [-0.1, -0.05) is 17.7 Å². The molecule has 1 aliphatic heterocycles. The predicted molar refractivity (Wildman–Crippen MR) is 93.6 cm³/mol. The van der Waals surface area contributed by atoms with Gasteiger partial charge in [-0.25, -0.2) is 0 Å². The van der Waals surface area contributed by atoms with Crippen LogP contribution in [0.1, 0.15) is 6.92 Å². The van der Waals surface area contributed by atoms with E-state index in [1.807, 2.05) is 36.1 Å². The first-order valence-corrected chi connectivity index (χ1v) is 8.33. The van der Waals surface area contributed by atoms with Crippen LogP contribution in [0.25, 0.3) is 0 Å². The van der Waals surface area contributed by atoms with Crippen molar-refractivity contribution in [3.8, 4) is 5.75 Å². The highest BCUT2D eigenvalue weighted by Crippen LogP contribution is 2.24. The monoisotopic (exact) mass is 348 g/mol. The van der Waals surface area contributed by atoms with E-state index >= 15 is 0 Å². The topological polar surface area (TPSA) is 50.6 Å². The van der Waals surface area contributed by atoms with Crippen LogP contribution >= 0.6 is 11.6 Å². The van der Waals surface area contributed by atoms with E-state index in [0.29, 0.717) is 18.1 Å². The second-order valence-corrected chi connectivity index (χ2v) is 6.26. The molecule has 0 aliphatic carbocycles. The van der Waals surface area contributed by atoms with E-state index in [1.165, 1.54) is 0 Å². The Morgan fingerprint density at radius 2 is 2.17 bits per heavy atom. The third kappa shape index (κ3) is 3.55. The van der Waals surface area contributed by atoms with Crippen molar-refractivity contribution < 1.29 is 9.53 Å². The van der Waals surface area contributed by atoms with Crippen molar-refractivity contribution in [3.05, 3.63) is 41.7 Å². The first kappa shape index (κ1) is 16.8. The van der Waals surface area contributed by atoms with Crippen molar-refractivity contribution in [2.75, 3.05) is 31.6 Å². The molecule has 1 aromatic carbocycles. The summed E-state index contributed by atoms with van der Waals surface area (Å²) in [5.74, 6) is 0.860. The Bertz CT molecular complexity index is 718. The number of carbonyl (C=O) groups is 1. The molecule has 3 rings (SSSR count). The minimum absolute atomic E-state index is 0.105. The molecule has 1 fully saturated rings. The number of ether oxygens (including phenoxy) is 1. The summed E-state index contributed by atoms with van der Waals surface area (Å²) < 4.78 is 7.05. The molecule has 128 valence electrons. The van der Waals surface area contributed by atoms with Gasteiger partial charge < -0.3 is 9.64 Å². The Morgan fingerprint density at radius 3 is 2.88 bits per heavy atom. The van der Waals surface area contributed by atoms with Gasteiger partial charge in [0, 0.05) is 37.6 Å². The number of carbonyl (C=O) groups excluding carboxylic acids is 1. The molecule has 0 bridgehead atoms. The van der Waals surface area contributed by atoms with Crippen LogP contribution in [0.5, 0.6) is 5.75 Å². The largest absolute Gasteiger partial charge is 0.497 e. The second kappa shape index (κ2) is 7.23. The summed E-state index contributed by atoms with van der Waals surface area (Å²) in [4.78, 5) is 16.8. The highest BCUT2D eigenvalue weighted by molar-refractivity contribution is 6.30. The molecule has 7 heteroatoms. The fraction of sp³-hybridized carbons (Fsp3) is 0.412. The van der Waals surface area contributed by atoms with E-state index in [0.717, 1.165) is 24.5 Å². The SMILES string of the molecule is COc1cccc(N2CCN(CCn3cc(Cl)cn3)[C@H](C)C2=O)c1. The Labute approximate surface area is 146 Å². The molecule has 1 atom stereocenters. The quantitative estimate of drug-likeness (QED) is 0.832. The Kier molecular flexibility index (Phi) is 5.06. The van der Waals surface area contributed by atoms with Gasteiger partial charge in [0.05, 0.1) is 30.9 Å². The van der Waals surface area contributed by atoms with Crippen LogP contribution in [-0.2, 0) is 11.3 Å². The molecule has 1 aliphatic rings. The van der Waals surface area contributed by atoms with Crippen molar-refractivity contribution in [2.24, 2.45) is 0 Å². The van der Waals surface area contributed by atoms with Gasteiger partial charge in [0.25, 0.3) is 0 Å². The average molecular weight is 349 g/mol. The van der Waals surface area contributed by atoms with Crippen LogP contribution in [0.3, 0.4) is 0 Å². The highest BCUT2D eigenvalue weighted by Gasteiger charge is 2.32. The number of amides is 1. The summed E-state index contributed by atoms with van der Waals surface area (Å²) in [5.41, 5.74) is 0.879. The normalized spacial score (nSPS) is 18.9. The zero-order valence-electron chi connectivity index (χ0n) is 13.9. The fourth-order valence-corrected chi connectivity index (χ4v) is 3.10. The van der Waals surface area contributed by atoms with Crippen molar-refractivity contribution >= 4 is 23.2 Å². The van der Waals surface area contributed by atoms with Crippen LogP contribution in [0.2, 0.25) is 5.02 Å². The molecular weight excluding hydrogens is 328 g/mol. The zero-order chi connectivity index (χ0) is 17.1. The van der Waals surface area contributed by atoms with Crippen molar-refractivity contribution in [1.82, 2.24) is 14.7 Å². The summed E-state index contributed by atoms with van der Waals surface area (Å²) in [6, 6.07) is 7.44. The highest BCUT2D eigenvalue weighted by atomic mass is 35.5. The van der Waals surface area contributed by atoms with Crippen molar-refractivity contribution in [3.63, 3.8) is 0 Å². The van der Waals surface area contributed by atoms with Gasteiger partial charge in [0.1, 0.15) is 5.75 Å². The summed E-state index contributed by atoms with van der Waals surface area (Å²) in [5, 5.41) is 4.80. The van der Waals surface area contributed by atoms with Crippen LogP contribution < -0.4 is 9.64 Å². The number of hydrogen-bond acceptors (Lipinski definition) is 4. The van der Waals surface area contributed by atoms with Gasteiger partial charge in [-0.15, -0.1) is 0 Å². The van der Waals surface area contributed by atoms with Gasteiger partial charge in [-0.3, -0.25) is 14.4 Å². The van der Waals surface area contributed by atoms with Gasteiger partial charge >= 0.3 is 0 Å². The number of methoxy groups -OCH3 is 1. The molecule has 1 saturated heterocycles. The first-order chi connectivity index (χ1) is 11.6. The van der Waals surface area contributed by atoms with E-state index in [1.54, 1.807) is 24.2 Å². The number of benzene rings is 1. The van der Waals surface area contributed by atoms with Gasteiger partial charge in [-0.2, -0.15) is 5.10 Å². The van der Waals surface area contributed by atoms with Crippen LogP contribution in [0.15, 0.2) is 36.7 Å². The number of piperazine rings is 1. The molecule has 6 nitrogen and oxygen atoms in total. The Hall–Kier alpha value is -2.05.